The Balaban J connectivity index is 1.64. The molecule has 152 valence electrons. The summed E-state index contributed by atoms with van der Waals surface area (Å²) in [5.41, 5.74) is 0.837. The van der Waals surface area contributed by atoms with Gasteiger partial charge in [-0.25, -0.2) is 8.42 Å². The van der Waals surface area contributed by atoms with Gasteiger partial charge in [0.1, 0.15) is 18.1 Å². The van der Waals surface area contributed by atoms with Crippen LogP contribution in [-0.4, -0.2) is 47.0 Å². The first-order chi connectivity index (χ1) is 14.0. The van der Waals surface area contributed by atoms with Crippen molar-refractivity contribution in [3.05, 3.63) is 60.4 Å². The van der Waals surface area contributed by atoms with Gasteiger partial charge in [0.15, 0.2) is 20.8 Å². The number of benzene rings is 2. The zero-order valence-corrected chi connectivity index (χ0v) is 17.5. The van der Waals surface area contributed by atoms with Gasteiger partial charge in [-0.15, -0.1) is 10.2 Å². The van der Waals surface area contributed by atoms with Crippen LogP contribution >= 0.6 is 11.8 Å². The molecule has 1 unspecified atom stereocenters. The number of sulfone groups is 1. The number of hydrogen-bond acceptors (Lipinski definition) is 7. The van der Waals surface area contributed by atoms with Gasteiger partial charge >= 0.3 is 0 Å². The lowest BCUT2D eigenvalue weighted by Crippen LogP contribution is -2.10. The molecule has 29 heavy (non-hydrogen) atoms. The Labute approximate surface area is 174 Å². The Bertz CT molecular complexity index is 1080. The minimum Gasteiger partial charge on any atom is -0.497 e. The first-order valence-corrected chi connectivity index (χ1v) is 11.9. The van der Waals surface area contributed by atoms with E-state index in [1.165, 1.54) is 11.8 Å². The molecule has 9 heteroatoms. The van der Waals surface area contributed by atoms with Crippen LogP contribution in [0.4, 0.5) is 0 Å². The smallest absolute Gasteiger partial charge is 0.196 e. The lowest BCUT2D eigenvalue weighted by molar-refractivity contribution is 0.293. The van der Waals surface area contributed by atoms with Gasteiger partial charge in [0.2, 0.25) is 0 Å². The maximum absolute atomic E-state index is 11.8. The van der Waals surface area contributed by atoms with Gasteiger partial charge in [0.05, 0.1) is 24.3 Å². The molecule has 1 saturated heterocycles. The van der Waals surface area contributed by atoms with Crippen molar-refractivity contribution in [1.29, 1.82) is 0 Å². The Kier molecular flexibility index (Phi) is 5.77. The van der Waals surface area contributed by atoms with Crippen molar-refractivity contribution in [3.8, 4) is 17.2 Å². The predicted octanol–water partition coefficient (Wildman–Crippen LogP) is 3.13. The summed E-state index contributed by atoms with van der Waals surface area (Å²) in [7, 11) is -1.35. The first-order valence-electron chi connectivity index (χ1n) is 9.18. The molecule has 4 rings (SSSR count). The summed E-state index contributed by atoms with van der Waals surface area (Å²) in [6.45, 7) is 0.234. The third kappa shape index (κ3) is 4.73. The molecule has 1 atom stereocenters. The summed E-state index contributed by atoms with van der Waals surface area (Å²) in [6.07, 6.45) is 0.619. The molecular formula is C20H21N3O4S2. The molecule has 0 radical (unpaired) electrons. The molecule has 0 N–H and O–H groups in total. The van der Waals surface area contributed by atoms with Gasteiger partial charge in [-0.05, 0) is 30.7 Å². The maximum atomic E-state index is 11.8. The van der Waals surface area contributed by atoms with Gasteiger partial charge in [0.25, 0.3) is 0 Å². The van der Waals surface area contributed by atoms with Crippen molar-refractivity contribution in [2.75, 3.05) is 18.6 Å². The third-order valence-corrected chi connectivity index (χ3v) is 7.78. The number of para-hydroxylation sites is 1. The normalized spacial score (nSPS) is 17.9. The molecule has 1 aliphatic rings. The van der Waals surface area contributed by atoms with E-state index >= 15 is 0 Å². The van der Waals surface area contributed by atoms with Crippen molar-refractivity contribution in [3.63, 3.8) is 0 Å². The summed E-state index contributed by atoms with van der Waals surface area (Å²) in [6, 6.07) is 17.1. The second-order valence-corrected chi connectivity index (χ2v) is 10.2. The summed E-state index contributed by atoms with van der Waals surface area (Å²) in [4.78, 5) is 0. The van der Waals surface area contributed by atoms with Crippen molar-refractivity contribution in [1.82, 2.24) is 14.8 Å². The number of nitrogens with zero attached hydrogens (tertiary/aromatic N) is 3. The Hall–Kier alpha value is -2.52. The zero-order valence-electron chi connectivity index (χ0n) is 15.9. The van der Waals surface area contributed by atoms with Crippen LogP contribution in [0.15, 0.2) is 59.8 Å². The predicted molar refractivity (Wildman–Crippen MR) is 112 cm³/mol. The van der Waals surface area contributed by atoms with E-state index in [1.807, 2.05) is 59.2 Å². The van der Waals surface area contributed by atoms with Crippen LogP contribution in [0.1, 0.15) is 12.2 Å². The average Bonchev–Trinajstić information content (AvgIpc) is 3.29. The van der Waals surface area contributed by atoms with Crippen LogP contribution in [0.3, 0.4) is 0 Å². The summed E-state index contributed by atoms with van der Waals surface area (Å²) < 4.78 is 36.8. The minimum atomic E-state index is -2.97. The second-order valence-electron chi connectivity index (χ2n) is 6.68. The largest absolute Gasteiger partial charge is 0.497 e. The fourth-order valence-corrected chi connectivity index (χ4v) is 6.67. The van der Waals surface area contributed by atoms with Crippen LogP contribution in [0, 0.1) is 0 Å². The van der Waals surface area contributed by atoms with Crippen molar-refractivity contribution in [2.45, 2.75) is 23.4 Å². The number of aromatic nitrogens is 3. The van der Waals surface area contributed by atoms with E-state index in [4.69, 9.17) is 9.47 Å². The molecule has 3 aromatic rings. The Morgan fingerprint density at radius 2 is 1.90 bits per heavy atom. The highest BCUT2D eigenvalue weighted by Gasteiger charge is 2.30. The zero-order chi connectivity index (χ0) is 20.3. The monoisotopic (exact) mass is 431 g/mol. The van der Waals surface area contributed by atoms with E-state index in [-0.39, 0.29) is 23.4 Å². The molecule has 0 bridgehead atoms. The molecule has 2 aromatic carbocycles. The van der Waals surface area contributed by atoms with E-state index in [1.54, 1.807) is 7.11 Å². The fourth-order valence-electron chi connectivity index (χ4n) is 3.15. The third-order valence-electron chi connectivity index (χ3n) is 4.59. The first kappa shape index (κ1) is 19.8. The van der Waals surface area contributed by atoms with Crippen molar-refractivity contribution >= 4 is 21.6 Å². The fraction of sp³-hybridized carbons (Fsp3) is 0.300. The minimum absolute atomic E-state index is 0.0311. The number of rotatable bonds is 7. The second kappa shape index (κ2) is 8.46. The molecule has 1 fully saturated rings. The molecule has 1 aromatic heterocycles. The molecule has 1 aliphatic heterocycles. The average molecular weight is 432 g/mol. The van der Waals surface area contributed by atoms with Crippen LogP contribution in [0.5, 0.6) is 11.5 Å². The van der Waals surface area contributed by atoms with Gasteiger partial charge in [-0.2, -0.15) is 0 Å². The van der Waals surface area contributed by atoms with Crippen molar-refractivity contribution < 1.29 is 17.9 Å². The maximum Gasteiger partial charge on any atom is 0.196 e. The number of ether oxygens (including phenoxy) is 2. The highest BCUT2D eigenvalue weighted by Crippen LogP contribution is 2.32. The highest BCUT2D eigenvalue weighted by molar-refractivity contribution is 8.01. The van der Waals surface area contributed by atoms with E-state index < -0.39 is 9.84 Å². The highest BCUT2D eigenvalue weighted by atomic mass is 32.2. The van der Waals surface area contributed by atoms with E-state index in [0.29, 0.717) is 23.2 Å². The van der Waals surface area contributed by atoms with E-state index in [9.17, 15) is 8.42 Å². The topological polar surface area (TPSA) is 83.3 Å². The van der Waals surface area contributed by atoms with Crippen LogP contribution < -0.4 is 9.47 Å². The number of thioether (sulfide) groups is 1. The SMILES string of the molecule is COc1cccc(-n2c(COc3ccccc3)nnc2SC2CCS(=O)(=O)C2)c1. The van der Waals surface area contributed by atoms with E-state index in [2.05, 4.69) is 10.2 Å². The van der Waals surface area contributed by atoms with Gasteiger partial charge in [0, 0.05) is 11.3 Å². The molecule has 2 heterocycles. The standard InChI is InChI=1S/C20H21N3O4S2/c1-26-17-9-5-6-15(12-17)23-19(13-27-16-7-3-2-4-8-16)21-22-20(23)28-18-10-11-29(24,25)14-18/h2-9,12,18H,10-11,13-14H2,1H3. The summed E-state index contributed by atoms with van der Waals surface area (Å²) in [5, 5.41) is 9.26. The quantitative estimate of drug-likeness (QED) is 0.568. The van der Waals surface area contributed by atoms with Crippen LogP contribution in [-0.2, 0) is 16.4 Å². The van der Waals surface area contributed by atoms with Gasteiger partial charge in [-0.3, -0.25) is 4.57 Å². The lowest BCUT2D eigenvalue weighted by atomic mass is 10.3. The molecular weight excluding hydrogens is 410 g/mol. The number of hydrogen-bond donors (Lipinski definition) is 0. The summed E-state index contributed by atoms with van der Waals surface area (Å²) in [5.74, 6) is 2.47. The molecule has 0 amide bonds. The van der Waals surface area contributed by atoms with Crippen LogP contribution in [0.2, 0.25) is 0 Å². The number of methoxy groups -OCH3 is 1. The summed E-state index contributed by atoms with van der Waals surface area (Å²) >= 11 is 1.44. The molecule has 0 saturated carbocycles. The Morgan fingerprint density at radius 1 is 1.10 bits per heavy atom. The Morgan fingerprint density at radius 3 is 2.62 bits per heavy atom. The van der Waals surface area contributed by atoms with Gasteiger partial charge < -0.3 is 9.47 Å². The van der Waals surface area contributed by atoms with E-state index in [0.717, 1.165) is 11.4 Å². The molecule has 7 nitrogen and oxygen atoms in total. The molecule has 0 aliphatic carbocycles. The molecule has 0 spiro atoms. The van der Waals surface area contributed by atoms with Gasteiger partial charge in [-0.1, -0.05) is 36.0 Å². The lowest BCUT2D eigenvalue weighted by Gasteiger charge is -2.13. The van der Waals surface area contributed by atoms with Crippen LogP contribution in [0.25, 0.3) is 5.69 Å². The van der Waals surface area contributed by atoms with Crippen molar-refractivity contribution in [2.24, 2.45) is 0 Å².